The molecule has 1 atom stereocenters. The molecule has 0 fully saturated rings. The van der Waals surface area contributed by atoms with Gasteiger partial charge in [0.05, 0.1) is 5.57 Å². The standard InChI is InChI=1S/C28H28N2O3/c1-18-14-19(2)25(20(3)15-18)26-24(33-28(32)30(4)23-11-6-5-7-12-23)17-21(27(26)31)16-22-10-8-9-13-29-22/h5-15,21H,16-17H2,1-4H3. The second-order valence-electron chi connectivity index (χ2n) is 8.62. The minimum absolute atomic E-state index is 0.000806. The van der Waals surface area contributed by atoms with Crippen LogP contribution in [-0.4, -0.2) is 23.9 Å². The van der Waals surface area contributed by atoms with E-state index < -0.39 is 6.09 Å². The number of carbonyl (C=O) groups excluding carboxylic acids is 2. The van der Waals surface area contributed by atoms with Gasteiger partial charge < -0.3 is 4.74 Å². The summed E-state index contributed by atoms with van der Waals surface area (Å²) in [5.74, 6) is 0.115. The summed E-state index contributed by atoms with van der Waals surface area (Å²) >= 11 is 0. The molecule has 0 bridgehead atoms. The predicted molar refractivity (Wildman–Crippen MR) is 130 cm³/mol. The van der Waals surface area contributed by atoms with Crippen molar-refractivity contribution >= 4 is 23.1 Å². The molecule has 0 saturated heterocycles. The number of aromatic nitrogens is 1. The maximum atomic E-state index is 13.6. The summed E-state index contributed by atoms with van der Waals surface area (Å²) in [6.45, 7) is 6.03. The molecule has 33 heavy (non-hydrogen) atoms. The number of rotatable bonds is 5. The van der Waals surface area contributed by atoms with Crippen molar-refractivity contribution in [2.75, 3.05) is 11.9 Å². The quantitative estimate of drug-likeness (QED) is 0.501. The third-order valence-electron chi connectivity index (χ3n) is 6.06. The van der Waals surface area contributed by atoms with Crippen molar-refractivity contribution in [3.63, 3.8) is 0 Å². The molecule has 0 saturated carbocycles. The molecule has 0 spiro atoms. The van der Waals surface area contributed by atoms with Crippen LogP contribution in [0, 0.1) is 26.7 Å². The summed E-state index contributed by atoms with van der Waals surface area (Å²) in [7, 11) is 1.67. The zero-order valence-electron chi connectivity index (χ0n) is 19.5. The molecular weight excluding hydrogens is 412 g/mol. The average Bonchev–Trinajstić information content (AvgIpc) is 3.08. The van der Waals surface area contributed by atoms with E-state index in [2.05, 4.69) is 17.1 Å². The number of ether oxygens (including phenoxy) is 1. The van der Waals surface area contributed by atoms with Crippen molar-refractivity contribution in [2.45, 2.75) is 33.6 Å². The molecule has 4 rings (SSSR count). The van der Waals surface area contributed by atoms with Gasteiger partial charge in [-0.25, -0.2) is 4.79 Å². The molecule has 3 aromatic rings. The van der Waals surface area contributed by atoms with Crippen molar-refractivity contribution in [1.82, 2.24) is 4.98 Å². The van der Waals surface area contributed by atoms with Crippen LogP contribution in [0.3, 0.4) is 0 Å². The van der Waals surface area contributed by atoms with Crippen LogP contribution in [0.1, 0.15) is 34.4 Å². The molecule has 1 aliphatic carbocycles. The van der Waals surface area contributed by atoms with Gasteiger partial charge in [0.15, 0.2) is 5.78 Å². The van der Waals surface area contributed by atoms with Gasteiger partial charge in [0, 0.05) is 43.4 Å². The summed E-state index contributed by atoms with van der Waals surface area (Å²) in [4.78, 5) is 32.5. The molecule has 2 aromatic carbocycles. The molecule has 5 heteroatoms. The van der Waals surface area contributed by atoms with Gasteiger partial charge in [-0.1, -0.05) is 42.0 Å². The van der Waals surface area contributed by atoms with Gasteiger partial charge in [-0.05, 0) is 61.7 Å². The first-order valence-corrected chi connectivity index (χ1v) is 11.1. The summed E-state index contributed by atoms with van der Waals surface area (Å²) in [5.41, 5.74) is 6.08. The van der Waals surface area contributed by atoms with Crippen LogP contribution < -0.4 is 4.90 Å². The number of allylic oxidation sites excluding steroid dienone is 2. The third-order valence-corrected chi connectivity index (χ3v) is 6.06. The number of para-hydroxylation sites is 1. The summed E-state index contributed by atoms with van der Waals surface area (Å²) in [5, 5.41) is 0. The highest BCUT2D eigenvalue weighted by Crippen LogP contribution is 2.40. The highest BCUT2D eigenvalue weighted by molar-refractivity contribution is 6.25. The third kappa shape index (κ3) is 4.72. The zero-order chi connectivity index (χ0) is 23.5. The fourth-order valence-corrected chi connectivity index (χ4v) is 4.56. The average molecular weight is 441 g/mol. The minimum atomic E-state index is -0.512. The van der Waals surface area contributed by atoms with E-state index >= 15 is 0 Å². The second kappa shape index (κ2) is 9.41. The molecule has 1 amide bonds. The van der Waals surface area contributed by atoms with Gasteiger partial charge in [-0.15, -0.1) is 0 Å². The van der Waals surface area contributed by atoms with E-state index in [1.807, 2.05) is 69.3 Å². The maximum absolute atomic E-state index is 13.6. The Morgan fingerprint density at radius 1 is 1.03 bits per heavy atom. The van der Waals surface area contributed by atoms with Crippen molar-refractivity contribution < 1.29 is 14.3 Å². The lowest BCUT2D eigenvalue weighted by molar-refractivity contribution is -0.116. The van der Waals surface area contributed by atoms with E-state index in [1.165, 1.54) is 4.90 Å². The molecule has 1 unspecified atom stereocenters. The van der Waals surface area contributed by atoms with Crippen LogP contribution in [0.5, 0.6) is 0 Å². The van der Waals surface area contributed by atoms with Crippen molar-refractivity contribution in [2.24, 2.45) is 5.92 Å². The molecule has 1 aromatic heterocycles. The van der Waals surface area contributed by atoms with Crippen LogP contribution in [-0.2, 0) is 16.0 Å². The highest BCUT2D eigenvalue weighted by atomic mass is 16.6. The Kier molecular flexibility index (Phi) is 6.40. The van der Waals surface area contributed by atoms with E-state index in [9.17, 15) is 9.59 Å². The number of aryl methyl sites for hydroxylation is 3. The van der Waals surface area contributed by atoms with Crippen molar-refractivity contribution in [1.29, 1.82) is 0 Å². The first-order chi connectivity index (χ1) is 15.8. The second-order valence-corrected chi connectivity index (χ2v) is 8.62. The molecule has 168 valence electrons. The topological polar surface area (TPSA) is 59.5 Å². The minimum Gasteiger partial charge on any atom is -0.414 e. The lowest BCUT2D eigenvalue weighted by Gasteiger charge is -2.18. The van der Waals surface area contributed by atoms with E-state index in [-0.39, 0.29) is 11.7 Å². The Balaban J connectivity index is 1.70. The number of carbonyl (C=O) groups is 2. The smallest absolute Gasteiger partial charge is 0.414 e. The number of amides is 1. The number of anilines is 1. The number of Topliss-reactive ketones (excluding diaryl/α,β-unsaturated/α-hetero) is 1. The van der Waals surface area contributed by atoms with Crippen LogP contribution >= 0.6 is 0 Å². The van der Waals surface area contributed by atoms with Gasteiger partial charge in [-0.2, -0.15) is 0 Å². The van der Waals surface area contributed by atoms with Gasteiger partial charge in [-0.3, -0.25) is 14.7 Å². The summed E-state index contributed by atoms with van der Waals surface area (Å²) in [6.07, 6.45) is 2.09. The van der Waals surface area contributed by atoms with Gasteiger partial charge >= 0.3 is 6.09 Å². The van der Waals surface area contributed by atoms with Gasteiger partial charge in [0.25, 0.3) is 0 Å². The van der Waals surface area contributed by atoms with E-state index in [4.69, 9.17) is 4.74 Å². The fraction of sp³-hybridized carbons (Fsp3) is 0.250. The Labute approximate surface area is 194 Å². The van der Waals surface area contributed by atoms with Crippen LogP contribution in [0.25, 0.3) is 5.57 Å². The number of ketones is 1. The van der Waals surface area contributed by atoms with Gasteiger partial charge in [0.1, 0.15) is 5.76 Å². The van der Waals surface area contributed by atoms with E-state index in [1.54, 1.807) is 13.2 Å². The highest BCUT2D eigenvalue weighted by Gasteiger charge is 2.38. The molecule has 5 nitrogen and oxygen atoms in total. The Hall–Kier alpha value is -3.73. The number of hydrogen-bond donors (Lipinski definition) is 0. The van der Waals surface area contributed by atoms with E-state index in [0.717, 1.165) is 33.6 Å². The lowest BCUT2D eigenvalue weighted by Crippen LogP contribution is -2.26. The molecular formula is C28H28N2O3. The largest absolute Gasteiger partial charge is 0.419 e. The number of hydrogen-bond acceptors (Lipinski definition) is 4. The SMILES string of the molecule is Cc1cc(C)c(C2=C(OC(=O)N(C)c3ccccc3)CC(Cc3ccccn3)C2=O)c(C)c1. The molecule has 1 heterocycles. The van der Waals surface area contributed by atoms with E-state index in [0.29, 0.717) is 24.2 Å². The Bertz CT molecular complexity index is 1190. The number of benzene rings is 2. The van der Waals surface area contributed by atoms with Crippen molar-refractivity contribution in [3.05, 3.63) is 101 Å². The van der Waals surface area contributed by atoms with Crippen molar-refractivity contribution in [3.8, 4) is 0 Å². The Morgan fingerprint density at radius 2 is 1.70 bits per heavy atom. The summed E-state index contributed by atoms with van der Waals surface area (Å²) < 4.78 is 5.90. The maximum Gasteiger partial charge on any atom is 0.419 e. The van der Waals surface area contributed by atoms with Gasteiger partial charge in [0.2, 0.25) is 0 Å². The number of pyridine rings is 1. The first kappa shape index (κ1) is 22.5. The lowest BCUT2D eigenvalue weighted by atomic mass is 9.90. The normalized spacial score (nSPS) is 15.6. The Morgan fingerprint density at radius 3 is 2.33 bits per heavy atom. The molecule has 0 N–H and O–H groups in total. The van der Waals surface area contributed by atoms with Crippen LogP contribution in [0.2, 0.25) is 0 Å². The van der Waals surface area contributed by atoms with Crippen LogP contribution in [0.15, 0.2) is 72.6 Å². The number of nitrogens with zero attached hydrogens (tertiary/aromatic N) is 2. The zero-order valence-corrected chi connectivity index (χ0v) is 19.5. The first-order valence-electron chi connectivity index (χ1n) is 11.1. The summed E-state index contributed by atoms with van der Waals surface area (Å²) in [6, 6.07) is 19.1. The monoisotopic (exact) mass is 440 g/mol. The van der Waals surface area contributed by atoms with Crippen LogP contribution in [0.4, 0.5) is 10.5 Å². The predicted octanol–water partition coefficient (Wildman–Crippen LogP) is 5.82. The molecule has 1 aliphatic rings. The molecule has 0 radical (unpaired) electrons. The molecule has 0 aliphatic heterocycles. The fourth-order valence-electron chi connectivity index (χ4n) is 4.56.